The predicted molar refractivity (Wildman–Crippen MR) is 68.3 cm³/mol. The van der Waals surface area contributed by atoms with E-state index >= 15 is 0 Å². The maximum absolute atomic E-state index is 11.8. The molecule has 0 aliphatic rings. The third-order valence-corrected chi connectivity index (χ3v) is 2.99. The van der Waals surface area contributed by atoms with Gasteiger partial charge in [-0.2, -0.15) is 5.10 Å². The Morgan fingerprint density at radius 3 is 3.00 bits per heavy atom. The first-order chi connectivity index (χ1) is 8.16. The number of hydrogen-bond acceptors (Lipinski definition) is 3. The third-order valence-electron chi connectivity index (χ3n) is 2.27. The molecule has 0 saturated heterocycles. The van der Waals surface area contributed by atoms with Crippen LogP contribution in [-0.4, -0.2) is 16.1 Å². The van der Waals surface area contributed by atoms with Crippen LogP contribution in [0.25, 0.3) is 0 Å². The number of H-pyrrole nitrogens is 1. The van der Waals surface area contributed by atoms with Crippen LogP contribution in [0.1, 0.15) is 15.9 Å². The summed E-state index contributed by atoms with van der Waals surface area (Å²) in [5.41, 5.74) is 7.71. The molecule has 0 bridgehead atoms. The molecule has 0 spiro atoms. The van der Waals surface area contributed by atoms with Crippen molar-refractivity contribution in [2.75, 3.05) is 5.73 Å². The molecule has 0 fully saturated rings. The van der Waals surface area contributed by atoms with E-state index in [0.717, 1.165) is 10.0 Å². The van der Waals surface area contributed by atoms with Crippen molar-refractivity contribution in [3.05, 3.63) is 46.2 Å². The third kappa shape index (κ3) is 2.85. The fourth-order valence-electron chi connectivity index (χ4n) is 1.34. The molecule has 88 valence electrons. The molecule has 2 rings (SSSR count). The number of halogens is 1. The van der Waals surface area contributed by atoms with Crippen LogP contribution in [-0.2, 0) is 6.54 Å². The highest BCUT2D eigenvalue weighted by molar-refractivity contribution is 9.10. The van der Waals surface area contributed by atoms with Crippen LogP contribution >= 0.6 is 15.9 Å². The van der Waals surface area contributed by atoms with Crippen molar-refractivity contribution in [3.8, 4) is 0 Å². The first kappa shape index (κ1) is 11.7. The number of nitrogens with two attached hydrogens (primary N) is 1. The van der Waals surface area contributed by atoms with Crippen LogP contribution < -0.4 is 11.1 Å². The van der Waals surface area contributed by atoms with E-state index in [0.29, 0.717) is 17.8 Å². The second-order valence-electron chi connectivity index (χ2n) is 3.53. The molecule has 0 radical (unpaired) electrons. The minimum atomic E-state index is -0.162. The highest BCUT2D eigenvalue weighted by Gasteiger charge is 2.07. The van der Waals surface area contributed by atoms with E-state index in [9.17, 15) is 4.79 Å². The molecule has 5 nitrogen and oxygen atoms in total. The minimum Gasteiger partial charge on any atom is -0.398 e. The van der Waals surface area contributed by atoms with E-state index < -0.39 is 0 Å². The number of carbonyl (C=O) groups is 1. The van der Waals surface area contributed by atoms with Crippen molar-refractivity contribution >= 4 is 27.5 Å². The van der Waals surface area contributed by atoms with Crippen molar-refractivity contribution in [1.82, 2.24) is 15.5 Å². The van der Waals surface area contributed by atoms with Crippen LogP contribution in [0.2, 0.25) is 0 Å². The highest BCUT2D eigenvalue weighted by atomic mass is 79.9. The number of hydrogen-bond donors (Lipinski definition) is 3. The van der Waals surface area contributed by atoms with Crippen molar-refractivity contribution < 1.29 is 4.79 Å². The minimum absolute atomic E-state index is 0.162. The maximum atomic E-state index is 11.8. The van der Waals surface area contributed by atoms with Gasteiger partial charge in [0.1, 0.15) is 0 Å². The Bertz CT molecular complexity index is 524. The number of nitrogen functional groups attached to an aromatic ring is 1. The number of carbonyl (C=O) groups excluding carboxylic acids is 1. The number of nitrogens with zero attached hydrogens (tertiary/aromatic N) is 1. The van der Waals surface area contributed by atoms with E-state index in [1.807, 2.05) is 0 Å². The number of aromatic nitrogens is 2. The second-order valence-corrected chi connectivity index (χ2v) is 4.38. The molecule has 0 atom stereocenters. The predicted octanol–water partition coefficient (Wildman–Crippen LogP) is 1.68. The molecular formula is C11H11BrN4O. The van der Waals surface area contributed by atoms with Gasteiger partial charge in [0.15, 0.2) is 0 Å². The Morgan fingerprint density at radius 1 is 1.53 bits per heavy atom. The number of amides is 1. The van der Waals surface area contributed by atoms with Gasteiger partial charge in [0.2, 0.25) is 0 Å². The summed E-state index contributed by atoms with van der Waals surface area (Å²) in [6.07, 6.45) is 3.40. The summed E-state index contributed by atoms with van der Waals surface area (Å²) in [6.45, 7) is 0.436. The zero-order chi connectivity index (χ0) is 12.3. The zero-order valence-electron chi connectivity index (χ0n) is 8.90. The number of nitrogens with one attached hydrogen (secondary N) is 2. The largest absolute Gasteiger partial charge is 0.398 e. The lowest BCUT2D eigenvalue weighted by molar-refractivity contribution is 0.0951. The molecule has 0 aliphatic heterocycles. The molecular weight excluding hydrogens is 284 g/mol. The first-order valence-electron chi connectivity index (χ1n) is 4.97. The van der Waals surface area contributed by atoms with E-state index in [1.54, 1.807) is 30.6 Å². The molecule has 1 heterocycles. The first-order valence-corrected chi connectivity index (χ1v) is 5.77. The number of anilines is 1. The van der Waals surface area contributed by atoms with E-state index in [4.69, 9.17) is 5.73 Å². The topological polar surface area (TPSA) is 83.8 Å². The van der Waals surface area contributed by atoms with Crippen molar-refractivity contribution in [1.29, 1.82) is 0 Å². The Morgan fingerprint density at radius 2 is 2.35 bits per heavy atom. The van der Waals surface area contributed by atoms with E-state index in [-0.39, 0.29) is 5.91 Å². The average Bonchev–Trinajstić information content (AvgIpc) is 2.82. The van der Waals surface area contributed by atoms with Gasteiger partial charge in [-0.05, 0) is 34.1 Å². The van der Waals surface area contributed by atoms with Gasteiger partial charge in [0, 0.05) is 34.0 Å². The molecule has 1 aromatic carbocycles. The molecule has 1 amide bonds. The van der Waals surface area contributed by atoms with Gasteiger partial charge < -0.3 is 11.1 Å². The van der Waals surface area contributed by atoms with Gasteiger partial charge in [-0.3, -0.25) is 9.89 Å². The van der Waals surface area contributed by atoms with E-state index in [2.05, 4.69) is 31.4 Å². The summed E-state index contributed by atoms with van der Waals surface area (Å²) in [5.74, 6) is -0.162. The lowest BCUT2D eigenvalue weighted by atomic mass is 10.2. The smallest absolute Gasteiger partial charge is 0.251 e. The molecule has 1 aromatic heterocycles. The standard InChI is InChI=1S/C11H11BrN4O/c12-9-2-1-8(3-10(9)13)11(17)14-4-7-5-15-16-6-7/h1-3,5-6H,4,13H2,(H,14,17)(H,15,16). The molecule has 0 saturated carbocycles. The number of aromatic amines is 1. The molecule has 4 N–H and O–H groups in total. The Labute approximate surface area is 107 Å². The van der Waals surface area contributed by atoms with Crippen LogP contribution in [0.15, 0.2) is 35.1 Å². The average molecular weight is 295 g/mol. The number of benzene rings is 1. The Hall–Kier alpha value is -1.82. The molecule has 2 aromatic rings. The van der Waals surface area contributed by atoms with E-state index in [1.165, 1.54) is 0 Å². The molecule has 0 unspecified atom stereocenters. The number of rotatable bonds is 3. The van der Waals surface area contributed by atoms with Gasteiger partial charge in [0.25, 0.3) is 5.91 Å². The normalized spacial score (nSPS) is 10.2. The van der Waals surface area contributed by atoms with Gasteiger partial charge in [0.05, 0.1) is 6.20 Å². The van der Waals surface area contributed by atoms with Crippen LogP contribution in [0.3, 0.4) is 0 Å². The van der Waals surface area contributed by atoms with Gasteiger partial charge in [-0.15, -0.1) is 0 Å². The van der Waals surface area contributed by atoms with Gasteiger partial charge in [-0.1, -0.05) is 0 Å². The molecule has 6 heteroatoms. The van der Waals surface area contributed by atoms with Crippen LogP contribution in [0, 0.1) is 0 Å². The van der Waals surface area contributed by atoms with Gasteiger partial charge >= 0.3 is 0 Å². The van der Waals surface area contributed by atoms with Crippen molar-refractivity contribution in [2.45, 2.75) is 6.54 Å². The summed E-state index contributed by atoms with van der Waals surface area (Å²) in [7, 11) is 0. The summed E-state index contributed by atoms with van der Waals surface area (Å²) >= 11 is 3.28. The Balaban J connectivity index is 2.02. The zero-order valence-corrected chi connectivity index (χ0v) is 10.5. The summed E-state index contributed by atoms with van der Waals surface area (Å²) < 4.78 is 0.781. The lowest BCUT2D eigenvalue weighted by Crippen LogP contribution is -2.22. The quantitative estimate of drug-likeness (QED) is 0.753. The SMILES string of the molecule is Nc1cc(C(=O)NCc2cn[nH]c2)ccc1Br. The summed E-state index contributed by atoms with van der Waals surface area (Å²) in [5, 5.41) is 9.26. The van der Waals surface area contributed by atoms with Crippen molar-refractivity contribution in [2.24, 2.45) is 0 Å². The molecule has 17 heavy (non-hydrogen) atoms. The summed E-state index contributed by atoms with van der Waals surface area (Å²) in [6, 6.07) is 5.10. The van der Waals surface area contributed by atoms with Crippen LogP contribution in [0.5, 0.6) is 0 Å². The summed E-state index contributed by atoms with van der Waals surface area (Å²) in [4.78, 5) is 11.8. The Kier molecular flexibility index (Phi) is 3.43. The fourth-order valence-corrected chi connectivity index (χ4v) is 1.59. The lowest BCUT2D eigenvalue weighted by Gasteiger charge is -2.05. The monoisotopic (exact) mass is 294 g/mol. The second kappa shape index (κ2) is 5.01. The fraction of sp³-hybridized carbons (Fsp3) is 0.0909. The maximum Gasteiger partial charge on any atom is 0.251 e. The highest BCUT2D eigenvalue weighted by Crippen LogP contribution is 2.20. The molecule has 0 aliphatic carbocycles. The van der Waals surface area contributed by atoms with Crippen molar-refractivity contribution in [3.63, 3.8) is 0 Å². The van der Waals surface area contributed by atoms with Crippen LogP contribution in [0.4, 0.5) is 5.69 Å². The van der Waals surface area contributed by atoms with Gasteiger partial charge in [-0.25, -0.2) is 0 Å².